The van der Waals surface area contributed by atoms with Crippen molar-refractivity contribution in [2.45, 2.75) is 0 Å². The fourth-order valence-corrected chi connectivity index (χ4v) is 2.76. The summed E-state index contributed by atoms with van der Waals surface area (Å²) in [6, 6.07) is 23.1. The van der Waals surface area contributed by atoms with Crippen LogP contribution in [0.4, 0.5) is 0 Å². The van der Waals surface area contributed by atoms with Crippen LogP contribution in [-0.4, -0.2) is 20.0 Å². The molecular formula is C23H20O3. The molecule has 0 atom stereocenters. The lowest BCUT2D eigenvalue weighted by atomic mass is 9.98. The van der Waals surface area contributed by atoms with E-state index in [2.05, 4.69) is 0 Å². The molecule has 0 aromatic heterocycles. The normalized spacial score (nSPS) is 10.7. The summed E-state index contributed by atoms with van der Waals surface area (Å²) < 4.78 is 10.9. The molecular weight excluding hydrogens is 324 g/mol. The van der Waals surface area contributed by atoms with Crippen molar-refractivity contribution in [3.63, 3.8) is 0 Å². The molecule has 0 amide bonds. The monoisotopic (exact) mass is 344 g/mol. The van der Waals surface area contributed by atoms with Crippen molar-refractivity contribution in [2.24, 2.45) is 0 Å². The van der Waals surface area contributed by atoms with Crippen molar-refractivity contribution in [1.82, 2.24) is 0 Å². The van der Waals surface area contributed by atoms with E-state index >= 15 is 0 Å². The van der Waals surface area contributed by atoms with E-state index in [1.807, 2.05) is 66.7 Å². The lowest BCUT2D eigenvalue weighted by molar-refractivity contribution is 0.104. The van der Waals surface area contributed by atoms with Gasteiger partial charge in [0.25, 0.3) is 0 Å². The van der Waals surface area contributed by atoms with Gasteiger partial charge in [0.05, 0.1) is 19.8 Å². The molecule has 130 valence electrons. The van der Waals surface area contributed by atoms with E-state index in [0.717, 1.165) is 16.7 Å². The average molecular weight is 344 g/mol. The first-order valence-electron chi connectivity index (χ1n) is 8.32. The minimum absolute atomic E-state index is 0.120. The quantitative estimate of drug-likeness (QED) is 0.451. The van der Waals surface area contributed by atoms with Crippen LogP contribution in [0, 0.1) is 0 Å². The summed E-state index contributed by atoms with van der Waals surface area (Å²) in [6.07, 6.45) is 3.36. The molecule has 0 heterocycles. The fourth-order valence-electron chi connectivity index (χ4n) is 2.76. The minimum atomic E-state index is -0.120. The first-order valence-corrected chi connectivity index (χ1v) is 8.32. The van der Waals surface area contributed by atoms with E-state index in [1.165, 1.54) is 0 Å². The van der Waals surface area contributed by atoms with Crippen LogP contribution in [0.15, 0.2) is 78.9 Å². The second-order valence-electron chi connectivity index (χ2n) is 5.73. The van der Waals surface area contributed by atoms with Crippen LogP contribution in [0.5, 0.6) is 11.5 Å². The van der Waals surface area contributed by atoms with Crippen molar-refractivity contribution >= 4 is 11.9 Å². The molecule has 0 N–H and O–H groups in total. The minimum Gasteiger partial charge on any atom is -0.496 e. The molecule has 0 radical (unpaired) electrons. The fraction of sp³-hybridized carbons (Fsp3) is 0.0870. The molecule has 3 aromatic carbocycles. The number of carbonyl (C=O) groups excluding carboxylic acids is 1. The van der Waals surface area contributed by atoms with Crippen molar-refractivity contribution in [3.8, 4) is 22.6 Å². The van der Waals surface area contributed by atoms with Crippen molar-refractivity contribution in [2.75, 3.05) is 14.2 Å². The number of hydrogen-bond acceptors (Lipinski definition) is 3. The zero-order chi connectivity index (χ0) is 18.4. The Balaban J connectivity index is 2.02. The summed E-state index contributed by atoms with van der Waals surface area (Å²) in [5.74, 6) is 1.03. The average Bonchev–Trinajstić information content (AvgIpc) is 2.72. The smallest absolute Gasteiger partial charge is 0.189 e. The Morgan fingerprint density at radius 1 is 0.808 bits per heavy atom. The van der Waals surface area contributed by atoms with E-state index < -0.39 is 0 Å². The zero-order valence-corrected chi connectivity index (χ0v) is 14.8. The third-order valence-electron chi connectivity index (χ3n) is 4.10. The first-order chi connectivity index (χ1) is 12.7. The van der Waals surface area contributed by atoms with Crippen LogP contribution in [-0.2, 0) is 0 Å². The molecule has 0 unspecified atom stereocenters. The Bertz CT molecular complexity index is 913. The first kappa shape index (κ1) is 17.5. The van der Waals surface area contributed by atoms with Gasteiger partial charge in [0.2, 0.25) is 0 Å². The summed E-state index contributed by atoms with van der Waals surface area (Å²) in [5, 5.41) is 0. The molecule has 26 heavy (non-hydrogen) atoms. The van der Waals surface area contributed by atoms with Crippen LogP contribution in [0.1, 0.15) is 15.9 Å². The van der Waals surface area contributed by atoms with Gasteiger partial charge in [-0.25, -0.2) is 0 Å². The van der Waals surface area contributed by atoms with Gasteiger partial charge in [0.15, 0.2) is 5.78 Å². The number of ether oxygens (including phenoxy) is 2. The maximum absolute atomic E-state index is 12.8. The molecule has 0 saturated carbocycles. The highest BCUT2D eigenvalue weighted by atomic mass is 16.5. The van der Waals surface area contributed by atoms with Gasteiger partial charge in [0.1, 0.15) is 11.5 Å². The SMILES string of the molecule is COc1cc(OC)c(-c2ccccc2)cc1C(=O)/C=C/c1ccccc1. The molecule has 0 aliphatic heterocycles. The summed E-state index contributed by atoms with van der Waals surface area (Å²) in [7, 11) is 3.16. The van der Waals surface area contributed by atoms with Gasteiger partial charge in [0, 0.05) is 11.6 Å². The highest BCUT2D eigenvalue weighted by Crippen LogP contribution is 2.36. The van der Waals surface area contributed by atoms with E-state index in [4.69, 9.17) is 9.47 Å². The number of hydrogen-bond donors (Lipinski definition) is 0. The van der Waals surface area contributed by atoms with Gasteiger partial charge in [-0.05, 0) is 23.3 Å². The van der Waals surface area contributed by atoms with E-state index in [9.17, 15) is 4.79 Å². The maximum Gasteiger partial charge on any atom is 0.189 e. The lowest BCUT2D eigenvalue weighted by Crippen LogP contribution is -2.01. The van der Waals surface area contributed by atoms with Crippen molar-refractivity contribution < 1.29 is 14.3 Å². The predicted molar refractivity (Wildman–Crippen MR) is 105 cm³/mol. The van der Waals surface area contributed by atoms with Gasteiger partial charge in [-0.2, -0.15) is 0 Å². The van der Waals surface area contributed by atoms with Crippen LogP contribution < -0.4 is 9.47 Å². The molecule has 3 heteroatoms. The van der Waals surface area contributed by atoms with Crippen LogP contribution >= 0.6 is 0 Å². The Morgan fingerprint density at radius 2 is 1.42 bits per heavy atom. The number of carbonyl (C=O) groups is 1. The largest absolute Gasteiger partial charge is 0.496 e. The maximum atomic E-state index is 12.8. The number of methoxy groups -OCH3 is 2. The van der Waals surface area contributed by atoms with Gasteiger partial charge in [-0.1, -0.05) is 66.7 Å². The summed E-state index contributed by atoms with van der Waals surface area (Å²) in [6.45, 7) is 0. The molecule has 3 rings (SSSR count). The molecule has 0 aliphatic carbocycles. The van der Waals surface area contributed by atoms with Gasteiger partial charge in [-0.3, -0.25) is 4.79 Å². The van der Waals surface area contributed by atoms with E-state index in [0.29, 0.717) is 17.1 Å². The van der Waals surface area contributed by atoms with Gasteiger partial charge >= 0.3 is 0 Å². The third kappa shape index (κ3) is 3.83. The molecule has 0 saturated heterocycles. The second-order valence-corrected chi connectivity index (χ2v) is 5.73. The number of rotatable bonds is 6. The standard InChI is InChI=1S/C23H20O3/c1-25-22-16-23(26-2)20(15-19(22)18-11-7-4-8-12-18)21(24)14-13-17-9-5-3-6-10-17/h3-16H,1-2H3/b14-13+. The van der Waals surface area contributed by atoms with E-state index in [1.54, 1.807) is 32.4 Å². The molecule has 0 spiro atoms. The highest BCUT2D eigenvalue weighted by molar-refractivity contribution is 6.09. The number of allylic oxidation sites excluding steroid dienone is 1. The van der Waals surface area contributed by atoms with Gasteiger partial charge in [-0.15, -0.1) is 0 Å². The van der Waals surface area contributed by atoms with Crippen LogP contribution in [0.2, 0.25) is 0 Å². The topological polar surface area (TPSA) is 35.5 Å². The molecule has 0 fully saturated rings. The molecule has 0 aliphatic rings. The van der Waals surface area contributed by atoms with Gasteiger partial charge < -0.3 is 9.47 Å². The number of ketones is 1. The lowest BCUT2D eigenvalue weighted by Gasteiger charge is -2.14. The van der Waals surface area contributed by atoms with E-state index in [-0.39, 0.29) is 5.78 Å². The Hall–Kier alpha value is -3.33. The summed E-state index contributed by atoms with van der Waals surface area (Å²) >= 11 is 0. The van der Waals surface area contributed by atoms with Crippen molar-refractivity contribution in [1.29, 1.82) is 0 Å². The van der Waals surface area contributed by atoms with Crippen molar-refractivity contribution in [3.05, 3.63) is 90.0 Å². The Labute approximate surface area is 153 Å². The molecule has 0 bridgehead atoms. The molecule has 3 nitrogen and oxygen atoms in total. The third-order valence-corrected chi connectivity index (χ3v) is 4.10. The Morgan fingerprint density at radius 3 is 2.04 bits per heavy atom. The summed E-state index contributed by atoms with van der Waals surface area (Å²) in [5.41, 5.74) is 3.30. The second kappa shape index (κ2) is 8.17. The predicted octanol–water partition coefficient (Wildman–Crippen LogP) is 5.27. The number of benzene rings is 3. The Kier molecular flexibility index (Phi) is 5.49. The van der Waals surface area contributed by atoms with Crippen LogP contribution in [0.25, 0.3) is 17.2 Å². The summed E-state index contributed by atoms with van der Waals surface area (Å²) in [4.78, 5) is 12.8. The van der Waals surface area contributed by atoms with Crippen LogP contribution in [0.3, 0.4) is 0 Å². The zero-order valence-electron chi connectivity index (χ0n) is 14.8. The highest BCUT2D eigenvalue weighted by Gasteiger charge is 2.16. The molecule has 3 aromatic rings.